The largest absolute Gasteiger partial charge is 0.489 e. The standard InChI is InChI=1S/C30H33BN4O3/c1-5-24-17-35(16-22-13-23(31)8-11-28(22)38-24)15-21-12-20(7-6-18(21)2)26(14-29(36)37)25-9-10-27-30(19(25)3)32-33-34(27)4/h6-13,24,26H,5,14-17H2,1-4H3,(H,36,37)/t24-,26?/m1/s1. The first-order chi connectivity index (χ1) is 18.2. The van der Waals surface area contributed by atoms with Crippen LogP contribution in [0.2, 0.25) is 0 Å². The second-order valence-electron chi connectivity index (χ2n) is 10.4. The molecule has 5 rings (SSSR count). The molecule has 0 bridgehead atoms. The van der Waals surface area contributed by atoms with Gasteiger partial charge in [-0.2, -0.15) is 0 Å². The van der Waals surface area contributed by atoms with Crippen molar-refractivity contribution in [1.82, 2.24) is 19.9 Å². The Balaban J connectivity index is 1.50. The van der Waals surface area contributed by atoms with Gasteiger partial charge in [-0.05, 0) is 60.2 Å². The second-order valence-corrected chi connectivity index (χ2v) is 10.4. The first-order valence-corrected chi connectivity index (χ1v) is 13.1. The second kappa shape index (κ2) is 10.6. The number of nitrogens with zero attached hydrogens (tertiary/aromatic N) is 4. The van der Waals surface area contributed by atoms with Gasteiger partial charge in [0.1, 0.15) is 25.2 Å². The highest BCUT2D eigenvalue weighted by molar-refractivity contribution is 6.32. The van der Waals surface area contributed by atoms with Gasteiger partial charge in [-0.25, -0.2) is 4.68 Å². The molecule has 2 radical (unpaired) electrons. The fraction of sp³-hybridized carbons (Fsp3) is 0.367. The van der Waals surface area contributed by atoms with Crippen LogP contribution in [0.25, 0.3) is 11.0 Å². The molecule has 1 aliphatic rings. The van der Waals surface area contributed by atoms with Gasteiger partial charge in [0.25, 0.3) is 0 Å². The van der Waals surface area contributed by atoms with E-state index in [1.165, 1.54) is 11.1 Å². The molecule has 2 atom stereocenters. The third-order valence-electron chi connectivity index (χ3n) is 7.69. The molecule has 0 saturated carbocycles. The molecule has 0 amide bonds. The van der Waals surface area contributed by atoms with Gasteiger partial charge in [-0.15, -0.1) is 5.10 Å². The van der Waals surface area contributed by atoms with Crippen LogP contribution in [0.3, 0.4) is 0 Å². The normalized spacial score (nSPS) is 16.6. The van der Waals surface area contributed by atoms with Crippen molar-refractivity contribution < 1.29 is 14.6 Å². The highest BCUT2D eigenvalue weighted by atomic mass is 16.5. The lowest BCUT2D eigenvalue weighted by atomic mass is 9.84. The summed E-state index contributed by atoms with van der Waals surface area (Å²) in [6.45, 7) is 8.53. The summed E-state index contributed by atoms with van der Waals surface area (Å²) in [4.78, 5) is 14.4. The van der Waals surface area contributed by atoms with Crippen LogP contribution in [0.15, 0.2) is 48.5 Å². The number of carboxylic acid groups (broad SMARTS) is 1. The Hall–Kier alpha value is -3.65. The number of hydrogen-bond donors (Lipinski definition) is 1. The topological polar surface area (TPSA) is 80.5 Å². The van der Waals surface area contributed by atoms with E-state index in [4.69, 9.17) is 12.6 Å². The smallest absolute Gasteiger partial charge is 0.304 e. The molecule has 194 valence electrons. The molecule has 1 N–H and O–H groups in total. The molecule has 0 saturated heterocycles. The summed E-state index contributed by atoms with van der Waals surface area (Å²) >= 11 is 0. The molecule has 2 heterocycles. The van der Waals surface area contributed by atoms with Gasteiger partial charge in [0.15, 0.2) is 0 Å². The Morgan fingerprint density at radius 2 is 2.00 bits per heavy atom. The maximum absolute atomic E-state index is 12.0. The Bertz CT molecular complexity index is 1500. The summed E-state index contributed by atoms with van der Waals surface area (Å²) in [7, 11) is 7.95. The van der Waals surface area contributed by atoms with E-state index in [9.17, 15) is 9.90 Å². The SMILES string of the molecule is [B]c1ccc2c(c1)CN(Cc1cc(C(CC(=O)O)c3ccc4c(nnn4C)c3C)ccc1C)C[C@@H](CC)O2. The van der Waals surface area contributed by atoms with Crippen molar-refractivity contribution in [1.29, 1.82) is 0 Å². The highest BCUT2D eigenvalue weighted by Gasteiger charge is 2.25. The molecular weight excluding hydrogens is 475 g/mol. The molecule has 1 aromatic heterocycles. The number of aryl methyl sites for hydroxylation is 3. The zero-order valence-electron chi connectivity index (χ0n) is 22.4. The number of ether oxygens (including phenoxy) is 1. The van der Waals surface area contributed by atoms with E-state index in [0.717, 1.165) is 70.6 Å². The molecule has 1 unspecified atom stereocenters. The fourth-order valence-corrected chi connectivity index (χ4v) is 5.51. The van der Waals surface area contributed by atoms with Gasteiger partial charge in [0.05, 0.1) is 11.9 Å². The molecule has 7 nitrogen and oxygen atoms in total. The highest BCUT2D eigenvalue weighted by Crippen LogP contribution is 2.35. The zero-order chi connectivity index (χ0) is 27.0. The van der Waals surface area contributed by atoms with Crippen LogP contribution in [-0.4, -0.2) is 51.5 Å². The number of carbonyl (C=O) groups is 1. The quantitative estimate of drug-likeness (QED) is 0.378. The Morgan fingerprint density at radius 3 is 2.76 bits per heavy atom. The molecule has 38 heavy (non-hydrogen) atoms. The fourth-order valence-electron chi connectivity index (χ4n) is 5.51. The molecule has 3 aromatic carbocycles. The number of fused-ring (bicyclic) bond motifs is 2. The summed E-state index contributed by atoms with van der Waals surface area (Å²) in [5.41, 5.74) is 8.83. The van der Waals surface area contributed by atoms with E-state index in [1.807, 2.05) is 44.3 Å². The number of benzene rings is 3. The van der Waals surface area contributed by atoms with E-state index in [2.05, 4.69) is 47.3 Å². The van der Waals surface area contributed by atoms with E-state index in [1.54, 1.807) is 4.68 Å². The van der Waals surface area contributed by atoms with Crippen LogP contribution in [0.1, 0.15) is 59.1 Å². The van der Waals surface area contributed by atoms with E-state index < -0.39 is 5.97 Å². The average Bonchev–Trinajstić information content (AvgIpc) is 3.17. The summed E-state index contributed by atoms with van der Waals surface area (Å²) in [5, 5.41) is 18.3. The third-order valence-corrected chi connectivity index (χ3v) is 7.69. The van der Waals surface area contributed by atoms with Crippen LogP contribution in [0.4, 0.5) is 0 Å². The number of carboxylic acids is 1. The van der Waals surface area contributed by atoms with Gasteiger partial charge in [0.2, 0.25) is 0 Å². The van der Waals surface area contributed by atoms with Gasteiger partial charge in [-0.1, -0.05) is 54.0 Å². The van der Waals surface area contributed by atoms with E-state index in [0.29, 0.717) is 0 Å². The molecule has 4 aromatic rings. The number of rotatable bonds is 7. The summed E-state index contributed by atoms with van der Waals surface area (Å²) in [6, 6.07) is 16.2. The molecule has 8 heteroatoms. The van der Waals surface area contributed by atoms with Crippen molar-refractivity contribution in [3.8, 4) is 5.75 Å². The lowest BCUT2D eigenvalue weighted by Gasteiger charge is -2.25. The zero-order valence-corrected chi connectivity index (χ0v) is 22.4. The van der Waals surface area contributed by atoms with E-state index in [-0.39, 0.29) is 18.4 Å². The van der Waals surface area contributed by atoms with Crippen molar-refractivity contribution in [3.05, 3.63) is 81.9 Å². The lowest BCUT2D eigenvalue weighted by Crippen LogP contribution is -2.32. The first-order valence-electron chi connectivity index (χ1n) is 13.1. The van der Waals surface area contributed by atoms with Crippen molar-refractivity contribution in [2.75, 3.05) is 6.54 Å². The third kappa shape index (κ3) is 5.18. The summed E-state index contributed by atoms with van der Waals surface area (Å²) in [5.74, 6) is -0.231. The summed E-state index contributed by atoms with van der Waals surface area (Å²) < 4.78 is 8.04. The predicted molar refractivity (Wildman–Crippen MR) is 149 cm³/mol. The van der Waals surface area contributed by atoms with Crippen LogP contribution >= 0.6 is 0 Å². The van der Waals surface area contributed by atoms with Crippen LogP contribution in [0.5, 0.6) is 5.75 Å². The maximum Gasteiger partial charge on any atom is 0.304 e. The molecule has 1 aliphatic heterocycles. The number of aromatic nitrogens is 3. The molecule has 0 spiro atoms. The molecule has 0 fully saturated rings. The van der Waals surface area contributed by atoms with Crippen LogP contribution in [-0.2, 0) is 24.9 Å². The van der Waals surface area contributed by atoms with Gasteiger partial charge in [0, 0.05) is 38.2 Å². The Labute approximate surface area is 224 Å². The minimum Gasteiger partial charge on any atom is -0.489 e. The molecular formula is C30H33BN4O3. The Kier molecular flexibility index (Phi) is 7.26. The van der Waals surface area contributed by atoms with E-state index >= 15 is 0 Å². The maximum atomic E-state index is 12.0. The summed E-state index contributed by atoms with van der Waals surface area (Å²) in [6.07, 6.45) is 0.992. The van der Waals surface area contributed by atoms with Gasteiger partial charge >= 0.3 is 5.97 Å². The van der Waals surface area contributed by atoms with Crippen LogP contribution in [0, 0.1) is 13.8 Å². The minimum absolute atomic E-state index is 0.00275. The lowest BCUT2D eigenvalue weighted by molar-refractivity contribution is -0.137. The van der Waals surface area contributed by atoms with Crippen LogP contribution < -0.4 is 10.2 Å². The van der Waals surface area contributed by atoms with Crippen molar-refractivity contribution in [2.45, 2.75) is 58.7 Å². The average molecular weight is 508 g/mol. The van der Waals surface area contributed by atoms with Crippen molar-refractivity contribution in [2.24, 2.45) is 7.05 Å². The molecule has 0 aliphatic carbocycles. The van der Waals surface area contributed by atoms with Gasteiger partial charge < -0.3 is 9.84 Å². The van der Waals surface area contributed by atoms with Crippen molar-refractivity contribution in [3.63, 3.8) is 0 Å². The minimum atomic E-state index is -0.833. The number of aliphatic carboxylic acids is 1. The van der Waals surface area contributed by atoms with Crippen molar-refractivity contribution >= 4 is 30.3 Å². The number of hydrogen-bond acceptors (Lipinski definition) is 5. The monoisotopic (exact) mass is 508 g/mol. The van der Waals surface area contributed by atoms with Gasteiger partial charge in [-0.3, -0.25) is 9.69 Å². The predicted octanol–water partition coefficient (Wildman–Crippen LogP) is 4.16. The Morgan fingerprint density at radius 1 is 1.18 bits per heavy atom. The first kappa shape index (κ1) is 26.0.